The molecule has 0 radical (unpaired) electrons. The van der Waals surface area contributed by atoms with E-state index in [-0.39, 0.29) is 17.2 Å². The average Bonchev–Trinajstić information content (AvgIpc) is 2.40. The zero-order valence-electron chi connectivity index (χ0n) is 10.4. The van der Waals surface area contributed by atoms with Gasteiger partial charge in [0.05, 0.1) is 5.56 Å². The van der Waals surface area contributed by atoms with Crippen LogP contribution in [0.4, 0.5) is 0 Å². The second kappa shape index (κ2) is 5.71. The number of aromatic nitrogens is 1. The van der Waals surface area contributed by atoms with Crippen LogP contribution < -0.4 is 5.32 Å². The second-order valence-corrected chi connectivity index (χ2v) is 4.58. The molecule has 0 aliphatic heterocycles. The number of hydrogen-bond donors (Lipinski definition) is 2. The molecule has 19 heavy (non-hydrogen) atoms. The highest BCUT2D eigenvalue weighted by Gasteiger charge is 2.11. The summed E-state index contributed by atoms with van der Waals surface area (Å²) in [6.07, 6.45) is 3.40. The summed E-state index contributed by atoms with van der Waals surface area (Å²) in [6.45, 7) is 2.30. The van der Waals surface area contributed by atoms with Crippen molar-refractivity contribution >= 4 is 17.5 Å². The van der Waals surface area contributed by atoms with E-state index in [9.17, 15) is 9.90 Å². The summed E-state index contributed by atoms with van der Waals surface area (Å²) < 4.78 is 0. The van der Waals surface area contributed by atoms with Crippen LogP contribution in [0.1, 0.15) is 21.5 Å². The summed E-state index contributed by atoms with van der Waals surface area (Å²) in [5, 5.41) is 12.8. The Morgan fingerprint density at radius 3 is 2.95 bits per heavy atom. The summed E-state index contributed by atoms with van der Waals surface area (Å²) >= 11 is 5.80. The molecule has 0 unspecified atom stereocenters. The van der Waals surface area contributed by atoms with Crippen LogP contribution in [-0.4, -0.2) is 16.0 Å². The van der Waals surface area contributed by atoms with Gasteiger partial charge < -0.3 is 10.4 Å². The topological polar surface area (TPSA) is 62.2 Å². The highest BCUT2D eigenvalue weighted by molar-refractivity contribution is 6.31. The number of carbonyl (C=O) groups excluding carboxylic acids is 1. The average molecular weight is 277 g/mol. The molecule has 5 heteroatoms. The van der Waals surface area contributed by atoms with Gasteiger partial charge >= 0.3 is 0 Å². The molecule has 1 heterocycles. The fourth-order valence-electron chi connectivity index (χ4n) is 1.64. The normalized spacial score (nSPS) is 10.2. The first-order chi connectivity index (χ1) is 9.08. The van der Waals surface area contributed by atoms with Crippen LogP contribution in [0.3, 0.4) is 0 Å². The molecule has 0 fully saturated rings. The van der Waals surface area contributed by atoms with Gasteiger partial charge in [-0.3, -0.25) is 9.78 Å². The van der Waals surface area contributed by atoms with Crippen LogP contribution >= 0.6 is 11.6 Å². The SMILES string of the molecule is Cc1ccncc1CNC(=O)c1cc(Cl)ccc1O. The van der Waals surface area contributed by atoms with Crippen LogP contribution in [0.5, 0.6) is 5.75 Å². The van der Waals surface area contributed by atoms with Crippen LogP contribution in [0.15, 0.2) is 36.7 Å². The lowest BCUT2D eigenvalue weighted by molar-refractivity contribution is 0.0948. The van der Waals surface area contributed by atoms with Crippen LogP contribution in [0.25, 0.3) is 0 Å². The van der Waals surface area contributed by atoms with Gasteiger partial charge in [0, 0.05) is 24.0 Å². The molecule has 0 spiro atoms. The zero-order chi connectivity index (χ0) is 13.8. The molecule has 0 bridgehead atoms. The fraction of sp³-hybridized carbons (Fsp3) is 0.143. The van der Waals surface area contributed by atoms with Crippen LogP contribution in [-0.2, 0) is 6.54 Å². The minimum atomic E-state index is -0.372. The van der Waals surface area contributed by atoms with Gasteiger partial charge in [-0.05, 0) is 42.3 Å². The number of phenolic OH excluding ortho intramolecular Hbond substituents is 1. The number of phenols is 1. The van der Waals surface area contributed by atoms with Crippen molar-refractivity contribution in [3.63, 3.8) is 0 Å². The number of nitrogens with zero attached hydrogens (tertiary/aromatic N) is 1. The van der Waals surface area contributed by atoms with E-state index in [4.69, 9.17) is 11.6 Å². The molecular formula is C14H13ClN2O2. The predicted molar refractivity (Wildman–Crippen MR) is 73.3 cm³/mol. The summed E-state index contributed by atoms with van der Waals surface area (Å²) in [5.41, 5.74) is 2.14. The Morgan fingerprint density at radius 1 is 1.42 bits per heavy atom. The Labute approximate surface area is 116 Å². The van der Waals surface area contributed by atoms with Crippen molar-refractivity contribution in [3.05, 3.63) is 58.4 Å². The van der Waals surface area contributed by atoms with Crippen molar-refractivity contribution in [2.24, 2.45) is 0 Å². The van der Waals surface area contributed by atoms with Crippen molar-refractivity contribution in [2.45, 2.75) is 13.5 Å². The number of hydrogen-bond acceptors (Lipinski definition) is 3. The lowest BCUT2D eigenvalue weighted by Crippen LogP contribution is -2.23. The van der Waals surface area contributed by atoms with E-state index in [0.29, 0.717) is 11.6 Å². The zero-order valence-corrected chi connectivity index (χ0v) is 11.1. The molecule has 0 aliphatic rings. The van der Waals surface area contributed by atoms with Crippen LogP contribution in [0, 0.1) is 6.92 Å². The second-order valence-electron chi connectivity index (χ2n) is 4.15. The molecule has 1 amide bonds. The number of nitrogens with one attached hydrogen (secondary N) is 1. The minimum absolute atomic E-state index is 0.0928. The lowest BCUT2D eigenvalue weighted by Gasteiger charge is -2.08. The van der Waals surface area contributed by atoms with Gasteiger partial charge in [0.15, 0.2) is 0 Å². The van der Waals surface area contributed by atoms with Crippen molar-refractivity contribution < 1.29 is 9.90 Å². The number of pyridine rings is 1. The van der Waals surface area contributed by atoms with Gasteiger partial charge in [0.1, 0.15) is 5.75 Å². The predicted octanol–water partition coefficient (Wildman–Crippen LogP) is 2.68. The largest absolute Gasteiger partial charge is 0.507 e. The van der Waals surface area contributed by atoms with Gasteiger partial charge in [-0.1, -0.05) is 11.6 Å². The van der Waals surface area contributed by atoms with Crippen molar-refractivity contribution in [2.75, 3.05) is 0 Å². The molecule has 98 valence electrons. The molecule has 2 N–H and O–H groups in total. The molecule has 4 nitrogen and oxygen atoms in total. The molecule has 1 aromatic carbocycles. The molecule has 0 saturated heterocycles. The number of benzene rings is 1. The van der Waals surface area contributed by atoms with Crippen LogP contribution in [0.2, 0.25) is 5.02 Å². The summed E-state index contributed by atoms with van der Waals surface area (Å²) in [6, 6.07) is 6.23. The Hall–Kier alpha value is -2.07. The minimum Gasteiger partial charge on any atom is -0.507 e. The smallest absolute Gasteiger partial charge is 0.255 e. The van der Waals surface area contributed by atoms with E-state index in [1.165, 1.54) is 18.2 Å². The third-order valence-corrected chi connectivity index (χ3v) is 3.03. The standard InChI is InChI=1S/C14H13ClN2O2/c1-9-4-5-16-7-10(9)8-17-14(19)12-6-11(15)2-3-13(12)18/h2-7,18H,8H2,1H3,(H,17,19). The van der Waals surface area contributed by atoms with Crippen molar-refractivity contribution in [1.29, 1.82) is 0 Å². The molecule has 0 saturated carbocycles. The molecular weight excluding hydrogens is 264 g/mol. The molecule has 2 aromatic rings. The third kappa shape index (κ3) is 3.23. The number of aromatic hydroxyl groups is 1. The van der Waals surface area contributed by atoms with Gasteiger partial charge in [-0.2, -0.15) is 0 Å². The highest BCUT2D eigenvalue weighted by Crippen LogP contribution is 2.21. The Morgan fingerprint density at radius 2 is 2.21 bits per heavy atom. The summed E-state index contributed by atoms with van der Waals surface area (Å²) in [7, 11) is 0. The van der Waals surface area contributed by atoms with Gasteiger partial charge in [-0.25, -0.2) is 0 Å². The molecule has 2 rings (SSSR count). The van der Waals surface area contributed by atoms with Crippen molar-refractivity contribution in [3.8, 4) is 5.75 Å². The number of amides is 1. The highest BCUT2D eigenvalue weighted by atomic mass is 35.5. The first-order valence-corrected chi connectivity index (χ1v) is 6.12. The van der Waals surface area contributed by atoms with Gasteiger partial charge in [0.2, 0.25) is 0 Å². The van der Waals surface area contributed by atoms with Gasteiger partial charge in [0.25, 0.3) is 5.91 Å². The molecule has 0 aliphatic carbocycles. The Bertz CT molecular complexity index is 614. The number of aryl methyl sites for hydroxylation is 1. The number of rotatable bonds is 3. The quantitative estimate of drug-likeness (QED) is 0.906. The first-order valence-electron chi connectivity index (χ1n) is 5.74. The van der Waals surface area contributed by atoms with Gasteiger partial charge in [-0.15, -0.1) is 0 Å². The molecule has 1 aromatic heterocycles. The number of halogens is 1. The maximum Gasteiger partial charge on any atom is 0.255 e. The van der Waals surface area contributed by atoms with E-state index in [1.54, 1.807) is 12.4 Å². The fourth-order valence-corrected chi connectivity index (χ4v) is 1.81. The monoisotopic (exact) mass is 276 g/mol. The third-order valence-electron chi connectivity index (χ3n) is 2.79. The Kier molecular flexibility index (Phi) is 4.02. The maximum atomic E-state index is 12.0. The Balaban J connectivity index is 2.10. The van der Waals surface area contributed by atoms with E-state index in [2.05, 4.69) is 10.3 Å². The number of carbonyl (C=O) groups is 1. The summed E-state index contributed by atoms with van der Waals surface area (Å²) in [4.78, 5) is 16.0. The van der Waals surface area contributed by atoms with E-state index < -0.39 is 0 Å². The van der Waals surface area contributed by atoms with Crippen molar-refractivity contribution in [1.82, 2.24) is 10.3 Å². The van der Waals surface area contributed by atoms with E-state index in [0.717, 1.165) is 11.1 Å². The lowest BCUT2D eigenvalue weighted by atomic mass is 10.1. The summed E-state index contributed by atoms with van der Waals surface area (Å²) in [5.74, 6) is -0.465. The van der Waals surface area contributed by atoms with E-state index in [1.807, 2.05) is 13.0 Å². The maximum absolute atomic E-state index is 12.0. The van der Waals surface area contributed by atoms with E-state index >= 15 is 0 Å². The first kappa shape index (κ1) is 13.4. The molecule has 0 atom stereocenters.